The van der Waals surface area contributed by atoms with Crippen LogP contribution in [0.5, 0.6) is 0 Å². The van der Waals surface area contributed by atoms with Crippen LogP contribution in [0, 0.1) is 0 Å². The van der Waals surface area contributed by atoms with Crippen LogP contribution in [0.15, 0.2) is 24.5 Å². The molecule has 2 saturated heterocycles. The Hall–Kier alpha value is -0.430. The highest BCUT2D eigenvalue weighted by Crippen LogP contribution is 2.17. The zero-order valence-electron chi connectivity index (χ0n) is 13.5. The van der Waals surface area contributed by atoms with Crippen molar-refractivity contribution < 1.29 is 5.11 Å². The van der Waals surface area contributed by atoms with Gasteiger partial charge in [-0.1, -0.05) is 0 Å². The molecule has 1 atom stereocenters. The van der Waals surface area contributed by atoms with Crippen molar-refractivity contribution in [3.63, 3.8) is 0 Å². The van der Waals surface area contributed by atoms with Crippen molar-refractivity contribution in [3.8, 4) is 0 Å². The van der Waals surface area contributed by atoms with E-state index in [9.17, 15) is 5.11 Å². The first-order valence-corrected chi connectivity index (χ1v) is 8.00. The predicted molar refractivity (Wildman–Crippen MR) is 97.5 cm³/mol. The van der Waals surface area contributed by atoms with Crippen molar-refractivity contribution >= 4 is 24.8 Å². The summed E-state index contributed by atoms with van der Waals surface area (Å²) in [5, 5.41) is 13.8. The second kappa shape index (κ2) is 9.77. The molecule has 7 heteroatoms. The van der Waals surface area contributed by atoms with E-state index in [0.29, 0.717) is 0 Å². The van der Waals surface area contributed by atoms with E-state index < -0.39 is 5.60 Å². The van der Waals surface area contributed by atoms with E-state index in [4.69, 9.17) is 0 Å². The largest absolute Gasteiger partial charge is 0.387 e. The number of halogens is 2. The van der Waals surface area contributed by atoms with Crippen molar-refractivity contribution in [1.82, 2.24) is 20.1 Å². The van der Waals surface area contributed by atoms with E-state index in [0.717, 1.165) is 58.8 Å². The minimum Gasteiger partial charge on any atom is -0.387 e. The highest BCUT2D eigenvalue weighted by atomic mass is 35.5. The van der Waals surface area contributed by atoms with E-state index in [1.165, 1.54) is 12.0 Å². The summed E-state index contributed by atoms with van der Waals surface area (Å²) in [7, 11) is 0. The maximum absolute atomic E-state index is 10.5. The van der Waals surface area contributed by atoms with Gasteiger partial charge in [-0.3, -0.25) is 14.8 Å². The van der Waals surface area contributed by atoms with Crippen LogP contribution in [0.4, 0.5) is 0 Å². The first-order valence-electron chi connectivity index (χ1n) is 8.00. The van der Waals surface area contributed by atoms with Crippen LogP contribution in [-0.4, -0.2) is 71.3 Å². The minimum atomic E-state index is -0.514. The third-order valence-corrected chi connectivity index (χ3v) is 4.58. The lowest BCUT2D eigenvalue weighted by Gasteiger charge is -2.30. The van der Waals surface area contributed by atoms with Crippen molar-refractivity contribution in [1.29, 1.82) is 0 Å². The number of pyridine rings is 1. The molecule has 1 unspecified atom stereocenters. The lowest BCUT2D eigenvalue weighted by Crippen LogP contribution is -2.45. The monoisotopic (exact) mass is 362 g/mol. The van der Waals surface area contributed by atoms with E-state index >= 15 is 0 Å². The molecule has 1 aromatic heterocycles. The van der Waals surface area contributed by atoms with Gasteiger partial charge in [0.1, 0.15) is 0 Å². The van der Waals surface area contributed by atoms with Gasteiger partial charge in [0.15, 0.2) is 0 Å². The number of hydrogen-bond donors (Lipinski definition) is 2. The molecule has 0 aromatic carbocycles. The van der Waals surface area contributed by atoms with Gasteiger partial charge in [-0.2, -0.15) is 0 Å². The third-order valence-electron chi connectivity index (χ3n) is 4.58. The molecule has 3 heterocycles. The Labute approximate surface area is 151 Å². The van der Waals surface area contributed by atoms with Crippen molar-refractivity contribution in [2.75, 3.05) is 45.8 Å². The summed E-state index contributed by atoms with van der Waals surface area (Å²) in [6.07, 6.45) is 5.78. The molecule has 0 radical (unpaired) electrons. The molecule has 0 aliphatic carbocycles. The van der Waals surface area contributed by atoms with Crippen LogP contribution in [-0.2, 0) is 6.54 Å². The normalized spacial score (nSPS) is 26.1. The second-order valence-corrected chi connectivity index (χ2v) is 6.41. The molecule has 2 N–H and O–H groups in total. The summed E-state index contributed by atoms with van der Waals surface area (Å²) < 4.78 is 0. The third kappa shape index (κ3) is 6.18. The van der Waals surface area contributed by atoms with Gasteiger partial charge in [0.05, 0.1) is 5.60 Å². The van der Waals surface area contributed by atoms with Crippen LogP contribution in [0.25, 0.3) is 0 Å². The maximum Gasteiger partial charge on any atom is 0.0909 e. The van der Waals surface area contributed by atoms with Crippen molar-refractivity contribution in [2.45, 2.75) is 25.0 Å². The van der Waals surface area contributed by atoms with Gasteiger partial charge in [-0.15, -0.1) is 24.8 Å². The number of rotatable bonds is 4. The topological polar surface area (TPSA) is 51.6 Å². The summed E-state index contributed by atoms with van der Waals surface area (Å²) in [4.78, 5) is 9.01. The molecule has 23 heavy (non-hydrogen) atoms. The number of aliphatic hydroxyl groups is 1. The van der Waals surface area contributed by atoms with Gasteiger partial charge >= 0.3 is 0 Å². The lowest BCUT2D eigenvalue weighted by molar-refractivity contribution is 0.0219. The zero-order valence-corrected chi connectivity index (χ0v) is 15.1. The van der Waals surface area contributed by atoms with E-state index in [-0.39, 0.29) is 24.8 Å². The quantitative estimate of drug-likeness (QED) is 0.841. The highest BCUT2D eigenvalue weighted by Gasteiger charge is 2.33. The number of hydrogen-bond acceptors (Lipinski definition) is 5. The molecular formula is C16H28Cl2N4O. The van der Waals surface area contributed by atoms with Crippen LogP contribution >= 0.6 is 24.8 Å². The number of nitrogens with one attached hydrogen (secondary N) is 1. The Morgan fingerprint density at radius 1 is 1.09 bits per heavy atom. The van der Waals surface area contributed by atoms with E-state index in [1.807, 2.05) is 12.4 Å². The first kappa shape index (κ1) is 20.6. The van der Waals surface area contributed by atoms with E-state index in [2.05, 4.69) is 32.2 Å². The fourth-order valence-corrected chi connectivity index (χ4v) is 3.37. The summed E-state index contributed by atoms with van der Waals surface area (Å²) in [6, 6.07) is 4.19. The smallest absolute Gasteiger partial charge is 0.0909 e. The van der Waals surface area contributed by atoms with Crippen LogP contribution < -0.4 is 5.32 Å². The molecule has 1 aromatic rings. The van der Waals surface area contributed by atoms with Crippen LogP contribution in [0.1, 0.15) is 18.4 Å². The average Bonchev–Trinajstić information content (AvgIpc) is 2.80. The molecule has 0 amide bonds. The molecule has 3 rings (SSSR count). The van der Waals surface area contributed by atoms with Gasteiger partial charge < -0.3 is 10.4 Å². The number of aromatic nitrogens is 1. The molecule has 0 bridgehead atoms. The van der Waals surface area contributed by atoms with Gasteiger partial charge in [0.2, 0.25) is 0 Å². The summed E-state index contributed by atoms with van der Waals surface area (Å²) in [6.45, 7) is 7.85. The fourth-order valence-electron chi connectivity index (χ4n) is 3.37. The molecule has 0 spiro atoms. The number of β-amino-alcohol motifs (C(OH)–C–C–N with tert-alkyl or cyclic N) is 1. The highest BCUT2D eigenvalue weighted by molar-refractivity contribution is 5.85. The fraction of sp³-hybridized carbons (Fsp3) is 0.688. The van der Waals surface area contributed by atoms with Gasteiger partial charge in [-0.25, -0.2) is 0 Å². The van der Waals surface area contributed by atoms with Crippen molar-refractivity contribution in [2.24, 2.45) is 0 Å². The number of nitrogens with zero attached hydrogens (tertiary/aromatic N) is 3. The van der Waals surface area contributed by atoms with Crippen LogP contribution in [0.2, 0.25) is 0 Å². The Morgan fingerprint density at radius 2 is 1.78 bits per heavy atom. The minimum absolute atomic E-state index is 0. The molecule has 2 aliphatic rings. The Kier molecular flexibility index (Phi) is 8.75. The van der Waals surface area contributed by atoms with Crippen LogP contribution in [0.3, 0.4) is 0 Å². The molecule has 0 saturated carbocycles. The van der Waals surface area contributed by atoms with Crippen molar-refractivity contribution in [3.05, 3.63) is 30.1 Å². The first-order chi connectivity index (χ1) is 10.2. The Balaban J connectivity index is 0.00000132. The molecule has 2 aliphatic heterocycles. The van der Waals surface area contributed by atoms with Gasteiger partial charge in [-0.05, 0) is 50.2 Å². The average molecular weight is 363 g/mol. The molecule has 2 fully saturated rings. The molecule has 5 nitrogen and oxygen atoms in total. The molecule has 132 valence electrons. The van der Waals surface area contributed by atoms with Gasteiger partial charge in [0, 0.05) is 45.1 Å². The Morgan fingerprint density at radius 3 is 2.48 bits per heavy atom. The molecular weight excluding hydrogens is 335 g/mol. The van der Waals surface area contributed by atoms with E-state index in [1.54, 1.807) is 0 Å². The summed E-state index contributed by atoms with van der Waals surface area (Å²) in [5.41, 5.74) is 0.817. The zero-order chi connectivity index (χ0) is 14.5. The summed E-state index contributed by atoms with van der Waals surface area (Å²) >= 11 is 0. The predicted octanol–water partition coefficient (Wildman–Crippen LogP) is 1.16. The summed E-state index contributed by atoms with van der Waals surface area (Å²) in [5.74, 6) is 0. The Bertz CT molecular complexity index is 443. The maximum atomic E-state index is 10.5. The van der Waals surface area contributed by atoms with Gasteiger partial charge in [0.25, 0.3) is 0 Å². The second-order valence-electron chi connectivity index (χ2n) is 6.41. The lowest BCUT2D eigenvalue weighted by atomic mass is 10.0. The standard InChI is InChI=1S/C16H26N4O.2ClH/c21-16(4-7-18-13-16)14-20-9-1-8-19(10-11-20)12-15-2-5-17-6-3-15;;/h2-3,5-6,18,21H,1,4,7-14H2;2*1H. The SMILES string of the molecule is Cl.Cl.OC1(CN2CCCN(Cc3ccncc3)CC2)CCNC1.